The molecule has 0 radical (unpaired) electrons. The van der Waals surface area contributed by atoms with Crippen LogP contribution in [0, 0.1) is 0 Å². The van der Waals surface area contributed by atoms with Crippen molar-refractivity contribution < 1.29 is 0 Å². The second kappa shape index (κ2) is 4.34. The fourth-order valence-corrected chi connectivity index (χ4v) is 1.03. The number of rotatable bonds is 0. The highest BCUT2D eigenvalue weighted by molar-refractivity contribution is 5.76. The largest absolute Gasteiger partial charge is 0.346 e. The molecule has 1 aromatic carbocycles. The predicted molar refractivity (Wildman–Crippen MR) is 50.7 cm³/mol. The van der Waals surface area contributed by atoms with Gasteiger partial charge in [-0.1, -0.05) is 12.1 Å². The smallest absolute Gasteiger partial charge is 0.280 e. The number of hydrogen-bond donors (Lipinski definition) is 3. The van der Waals surface area contributed by atoms with Gasteiger partial charge < -0.3 is 4.98 Å². The van der Waals surface area contributed by atoms with Crippen molar-refractivity contribution >= 4 is 10.9 Å². The number of hydrazine groups is 1. The number of nitrogens with zero attached hydrogens (tertiary/aromatic N) is 1. The minimum Gasteiger partial charge on any atom is -0.346 e. The molecule has 0 saturated heterocycles. The quantitative estimate of drug-likeness (QED) is 0.382. The Balaban J connectivity index is 0.000000396. The van der Waals surface area contributed by atoms with Crippen LogP contribution in [0.5, 0.6) is 0 Å². The van der Waals surface area contributed by atoms with Crippen LogP contribution in [0.3, 0.4) is 0 Å². The predicted octanol–water partition coefficient (Wildman–Crippen LogP) is -0.258. The molecule has 0 aliphatic heterocycles. The summed E-state index contributed by atoms with van der Waals surface area (Å²) in [5.41, 5.74) is 0.645. The van der Waals surface area contributed by atoms with Crippen LogP contribution in [-0.2, 0) is 0 Å². The maximum atomic E-state index is 11.0. The van der Waals surface area contributed by atoms with Gasteiger partial charge in [-0.15, -0.1) is 0 Å². The molecule has 5 nitrogen and oxygen atoms in total. The number of benzene rings is 1. The fraction of sp³-hybridized carbons (Fsp3) is 0. The monoisotopic (exact) mass is 178 g/mol. The van der Waals surface area contributed by atoms with Crippen LogP contribution in [0.2, 0.25) is 0 Å². The Morgan fingerprint density at radius 3 is 2.62 bits per heavy atom. The summed E-state index contributed by atoms with van der Waals surface area (Å²) in [7, 11) is 0. The summed E-state index contributed by atoms with van der Waals surface area (Å²) in [6.45, 7) is 0. The molecule has 2 rings (SSSR count). The Morgan fingerprint density at radius 2 is 1.92 bits per heavy atom. The summed E-state index contributed by atoms with van der Waals surface area (Å²) < 4.78 is 0. The summed E-state index contributed by atoms with van der Waals surface area (Å²) in [5, 5.41) is 0.634. The Bertz CT molecular complexity index is 432. The molecule has 0 aliphatic carbocycles. The molecule has 13 heavy (non-hydrogen) atoms. The van der Waals surface area contributed by atoms with Gasteiger partial charge in [-0.05, 0) is 12.1 Å². The highest BCUT2D eigenvalue weighted by atomic mass is 16.1. The zero-order valence-corrected chi connectivity index (χ0v) is 6.90. The van der Waals surface area contributed by atoms with E-state index in [4.69, 9.17) is 0 Å². The fourth-order valence-electron chi connectivity index (χ4n) is 1.03. The molecule has 1 heterocycles. The average molecular weight is 178 g/mol. The van der Waals surface area contributed by atoms with Crippen molar-refractivity contribution in [3.05, 3.63) is 40.9 Å². The molecular weight excluding hydrogens is 168 g/mol. The van der Waals surface area contributed by atoms with E-state index in [-0.39, 0.29) is 5.56 Å². The third kappa shape index (κ3) is 1.90. The molecule has 2 aromatic rings. The standard InChI is InChI=1S/C8H6N2O.H4N2/c11-8-6-3-1-2-4-7(6)9-5-10-8;1-2/h1-5H,(H,9,10,11);1-2H2. The summed E-state index contributed by atoms with van der Waals surface area (Å²) in [6.07, 6.45) is 1.41. The molecule has 0 spiro atoms. The van der Waals surface area contributed by atoms with Crippen LogP contribution in [0.4, 0.5) is 0 Å². The van der Waals surface area contributed by atoms with Gasteiger partial charge in [-0.2, -0.15) is 4.98 Å². The number of aromatic nitrogens is 2. The lowest BCUT2D eigenvalue weighted by molar-refractivity contribution is 1.17. The summed E-state index contributed by atoms with van der Waals surface area (Å²) in [4.78, 5) is 17.5. The van der Waals surface area contributed by atoms with Gasteiger partial charge in [0.05, 0.1) is 17.2 Å². The van der Waals surface area contributed by atoms with E-state index in [0.29, 0.717) is 5.39 Å². The van der Waals surface area contributed by atoms with E-state index in [1.807, 2.05) is 18.2 Å². The minimum absolute atomic E-state index is 0.181. The van der Waals surface area contributed by atoms with Crippen molar-refractivity contribution in [2.75, 3.05) is 0 Å². The van der Waals surface area contributed by atoms with Crippen molar-refractivity contribution in [1.82, 2.24) is 9.97 Å². The molecular formula is C8H10N4O. The van der Waals surface area contributed by atoms with Crippen LogP contribution in [-0.4, -0.2) is 9.97 Å². The first-order valence-corrected chi connectivity index (χ1v) is 3.64. The van der Waals surface area contributed by atoms with Gasteiger partial charge in [0, 0.05) is 0 Å². The van der Waals surface area contributed by atoms with E-state index in [0.717, 1.165) is 5.52 Å². The van der Waals surface area contributed by atoms with E-state index in [1.165, 1.54) is 6.33 Å². The maximum Gasteiger partial charge on any atom is 0.280 e. The second-order valence-corrected chi connectivity index (χ2v) is 2.25. The first-order valence-electron chi connectivity index (χ1n) is 3.64. The maximum absolute atomic E-state index is 11.0. The molecule has 0 aliphatic rings. The molecule has 5 N–H and O–H groups in total. The number of para-hydroxylation sites is 1. The Hall–Kier alpha value is -1.72. The lowest BCUT2D eigenvalue weighted by Crippen LogP contribution is -2.05. The van der Waals surface area contributed by atoms with E-state index < -0.39 is 0 Å². The van der Waals surface area contributed by atoms with Crippen LogP contribution in [0.1, 0.15) is 0 Å². The number of aromatic amines is 1. The molecule has 5 heteroatoms. The summed E-state index contributed by atoms with van der Waals surface area (Å²) >= 11 is 0. The average Bonchev–Trinajstić information content (AvgIpc) is 2.22. The van der Waals surface area contributed by atoms with Crippen molar-refractivity contribution in [3.8, 4) is 0 Å². The molecule has 0 saturated carbocycles. The number of hydrogen-bond acceptors (Lipinski definition) is 4. The zero-order chi connectivity index (χ0) is 9.68. The van der Waals surface area contributed by atoms with Crippen LogP contribution in [0.15, 0.2) is 35.4 Å². The number of fused-ring (bicyclic) bond motifs is 1. The molecule has 0 fully saturated rings. The molecule has 0 unspecified atom stereocenters. The minimum atomic E-state index is -0.181. The van der Waals surface area contributed by atoms with E-state index in [9.17, 15) is 4.79 Å². The highest BCUT2D eigenvalue weighted by Gasteiger charge is 1.94. The molecule has 0 bridgehead atoms. The van der Waals surface area contributed by atoms with E-state index >= 15 is 0 Å². The van der Waals surface area contributed by atoms with Gasteiger partial charge in [-0.25, -0.2) is 0 Å². The van der Waals surface area contributed by atoms with Crippen LogP contribution < -0.4 is 17.2 Å². The zero-order valence-electron chi connectivity index (χ0n) is 6.90. The van der Waals surface area contributed by atoms with Gasteiger partial charge in [0.2, 0.25) is 0 Å². The highest BCUT2D eigenvalue weighted by Crippen LogP contribution is 2.02. The number of nitrogens with two attached hydrogens (primary N) is 2. The first kappa shape index (κ1) is 9.37. The van der Waals surface area contributed by atoms with Crippen LogP contribution in [0.25, 0.3) is 10.9 Å². The van der Waals surface area contributed by atoms with Gasteiger partial charge in [-0.3, -0.25) is 16.5 Å². The third-order valence-electron chi connectivity index (χ3n) is 1.56. The Labute approximate surface area is 74.4 Å². The van der Waals surface area contributed by atoms with Crippen molar-refractivity contribution in [2.24, 2.45) is 11.7 Å². The molecule has 68 valence electrons. The topological polar surface area (TPSA) is 97.8 Å². The number of nitrogens with one attached hydrogen (secondary N) is 1. The van der Waals surface area contributed by atoms with E-state index in [1.54, 1.807) is 6.07 Å². The number of H-pyrrole nitrogens is 1. The van der Waals surface area contributed by atoms with Gasteiger partial charge >= 0.3 is 0 Å². The second-order valence-electron chi connectivity index (χ2n) is 2.25. The summed E-state index contributed by atoms with van der Waals surface area (Å²) in [6, 6.07) is 7.29. The normalized spacial score (nSPS) is 9.08. The van der Waals surface area contributed by atoms with Gasteiger partial charge in [0.1, 0.15) is 0 Å². The van der Waals surface area contributed by atoms with Gasteiger partial charge in [0.15, 0.2) is 0 Å². The molecule has 1 aromatic heterocycles. The van der Waals surface area contributed by atoms with Crippen molar-refractivity contribution in [2.45, 2.75) is 0 Å². The molecule has 0 amide bonds. The van der Waals surface area contributed by atoms with Crippen LogP contribution >= 0.6 is 0 Å². The first-order chi connectivity index (χ1) is 6.38. The lowest BCUT2D eigenvalue weighted by Gasteiger charge is -1.92. The Morgan fingerprint density at radius 1 is 1.23 bits per heavy atom. The summed E-state index contributed by atoms with van der Waals surface area (Å²) in [5.74, 6) is 8.00. The lowest BCUT2D eigenvalue weighted by atomic mass is 10.2. The molecule has 0 atom stereocenters. The Kier molecular flexibility index (Phi) is 3.13. The SMILES string of the molecule is NN.O=c1nc[nH]c2ccccc12. The van der Waals surface area contributed by atoms with Gasteiger partial charge in [0.25, 0.3) is 5.56 Å². The van der Waals surface area contributed by atoms with E-state index in [2.05, 4.69) is 21.7 Å². The van der Waals surface area contributed by atoms with Crippen molar-refractivity contribution in [3.63, 3.8) is 0 Å². The van der Waals surface area contributed by atoms with Crippen molar-refractivity contribution in [1.29, 1.82) is 0 Å². The third-order valence-corrected chi connectivity index (χ3v) is 1.56.